The Labute approximate surface area is 171 Å². The first kappa shape index (κ1) is 18.9. The van der Waals surface area contributed by atoms with Crippen molar-refractivity contribution in [3.63, 3.8) is 0 Å². The fourth-order valence-corrected chi connectivity index (χ4v) is 4.15. The van der Waals surface area contributed by atoms with E-state index in [1.807, 2.05) is 24.3 Å². The number of amides is 1. The van der Waals surface area contributed by atoms with Gasteiger partial charge in [0.05, 0.1) is 5.69 Å². The predicted octanol–water partition coefficient (Wildman–Crippen LogP) is 3.11. The van der Waals surface area contributed by atoms with Gasteiger partial charge in [0, 0.05) is 54.9 Å². The van der Waals surface area contributed by atoms with Crippen molar-refractivity contribution in [1.82, 2.24) is 19.8 Å². The van der Waals surface area contributed by atoms with Crippen molar-refractivity contribution in [1.29, 1.82) is 0 Å². The van der Waals surface area contributed by atoms with Crippen LogP contribution in [0.1, 0.15) is 16.1 Å². The van der Waals surface area contributed by atoms with Crippen LogP contribution < -0.4 is 5.56 Å². The van der Waals surface area contributed by atoms with E-state index in [1.54, 1.807) is 28.4 Å². The summed E-state index contributed by atoms with van der Waals surface area (Å²) in [6, 6.07) is 10.9. The lowest BCUT2D eigenvalue weighted by Crippen LogP contribution is -2.49. The first-order valence-electron chi connectivity index (χ1n) is 9.00. The standard InChI is InChI=1S/C20H19ClN4O2S/c21-15-5-3-14(4-6-15)19-23-16(13-28-19)12-24-8-10-25(11-9-24)20(27)17-2-1-7-22-18(17)26/h1-7,13H,8-12H2,(H,22,26). The molecule has 3 aromatic rings. The minimum atomic E-state index is -0.341. The molecule has 0 bridgehead atoms. The molecule has 0 aliphatic carbocycles. The molecule has 0 radical (unpaired) electrons. The summed E-state index contributed by atoms with van der Waals surface area (Å²) in [5.41, 5.74) is 1.94. The number of carbonyl (C=O) groups is 1. The summed E-state index contributed by atoms with van der Waals surface area (Å²) in [6.07, 6.45) is 1.53. The zero-order chi connectivity index (χ0) is 19.5. The zero-order valence-electron chi connectivity index (χ0n) is 15.1. The Morgan fingerprint density at radius 3 is 2.61 bits per heavy atom. The van der Waals surface area contributed by atoms with Crippen molar-refractivity contribution in [2.45, 2.75) is 6.54 Å². The molecule has 0 saturated carbocycles. The van der Waals surface area contributed by atoms with Gasteiger partial charge in [0.25, 0.3) is 11.5 Å². The SMILES string of the molecule is O=C(c1ccc[nH]c1=O)N1CCN(Cc2csc(-c3ccc(Cl)cc3)n2)CC1. The number of rotatable bonds is 4. The van der Waals surface area contributed by atoms with Gasteiger partial charge in [-0.3, -0.25) is 14.5 Å². The van der Waals surface area contributed by atoms with E-state index >= 15 is 0 Å². The number of halogens is 1. The van der Waals surface area contributed by atoms with Crippen molar-refractivity contribution in [2.24, 2.45) is 0 Å². The second-order valence-corrected chi connectivity index (χ2v) is 7.93. The predicted molar refractivity (Wildman–Crippen MR) is 111 cm³/mol. The maximum Gasteiger partial charge on any atom is 0.260 e. The molecule has 2 aromatic heterocycles. The van der Waals surface area contributed by atoms with E-state index in [0.29, 0.717) is 18.1 Å². The highest BCUT2D eigenvalue weighted by Gasteiger charge is 2.24. The summed E-state index contributed by atoms with van der Waals surface area (Å²) < 4.78 is 0. The summed E-state index contributed by atoms with van der Waals surface area (Å²) in [7, 11) is 0. The van der Waals surface area contributed by atoms with Gasteiger partial charge in [-0.05, 0) is 24.3 Å². The molecule has 1 fully saturated rings. The molecule has 28 heavy (non-hydrogen) atoms. The van der Waals surface area contributed by atoms with Crippen molar-refractivity contribution in [3.8, 4) is 10.6 Å². The first-order valence-corrected chi connectivity index (χ1v) is 10.3. The molecule has 3 heterocycles. The van der Waals surface area contributed by atoms with Gasteiger partial charge in [0.2, 0.25) is 0 Å². The summed E-state index contributed by atoms with van der Waals surface area (Å²) in [6.45, 7) is 3.45. The minimum absolute atomic E-state index is 0.197. The quantitative estimate of drug-likeness (QED) is 0.712. The van der Waals surface area contributed by atoms with Crippen molar-refractivity contribution < 1.29 is 4.79 Å². The maximum absolute atomic E-state index is 12.5. The highest BCUT2D eigenvalue weighted by molar-refractivity contribution is 7.13. The molecule has 144 valence electrons. The van der Waals surface area contributed by atoms with E-state index in [2.05, 4.69) is 15.3 Å². The molecule has 0 spiro atoms. The van der Waals surface area contributed by atoms with E-state index in [4.69, 9.17) is 16.6 Å². The lowest BCUT2D eigenvalue weighted by atomic mass is 10.2. The van der Waals surface area contributed by atoms with E-state index in [0.717, 1.165) is 35.9 Å². The Balaban J connectivity index is 1.35. The van der Waals surface area contributed by atoms with Crippen LogP contribution in [0.3, 0.4) is 0 Å². The monoisotopic (exact) mass is 414 g/mol. The molecule has 1 aliphatic rings. The Morgan fingerprint density at radius 1 is 1.14 bits per heavy atom. The number of carbonyl (C=O) groups excluding carboxylic acids is 1. The van der Waals surface area contributed by atoms with Crippen LogP contribution in [0.15, 0.2) is 52.8 Å². The summed E-state index contributed by atoms with van der Waals surface area (Å²) in [5.74, 6) is -0.208. The fourth-order valence-electron chi connectivity index (χ4n) is 3.20. The molecule has 1 N–H and O–H groups in total. The molecule has 0 unspecified atom stereocenters. The molecule has 1 aromatic carbocycles. The number of thiazole rings is 1. The number of aromatic amines is 1. The number of hydrogen-bond donors (Lipinski definition) is 1. The second-order valence-electron chi connectivity index (χ2n) is 6.63. The third kappa shape index (κ3) is 4.16. The Kier molecular flexibility index (Phi) is 5.57. The van der Waals surface area contributed by atoms with Crippen LogP contribution >= 0.6 is 22.9 Å². The van der Waals surface area contributed by atoms with Gasteiger partial charge < -0.3 is 9.88 Å². The molecule has 6 nitrogen and oxygen atoms in total. The zero-order valence-corrected chi connectivity index (χ0v) is 16.7. The summed E-state index contributed by atoms with van der Waals surface area (Å²) in [5, 5.41) is 3.76. The Morgan fingerprint density at radius 2 is 1.89 bits per heavy atom. The topological polar surface area (TPSA) is 69.3 Å². The van der Waals surface area contributed by atoms with Crippen LogP contribution in [-0.4, -0.2) is 51.9 Å². The van der Waals surface area contributed by atoms with Gasteiger partial charge >= 0.3 is 0 Å². The number of benzene rings is 1. The Bertz CT molecular complexity index is 1020. The number of hydrogen-bond acceptors (Lipinski definition) is 5. The highest BCUT2D eigenvalue weighted by atomic mass is 35.5. The number of H-pyrrole nitrogens is 1. The number of pyridine rings is 1. The van der Waals surface area contributed by atoms with Crippen molar-refractivity contribution in [3.05, 3.63) is 74.6 Å². The van der Waals surface area contributed by atoms with E-state index < -0.39 is 0 Å². The van der Waals surface area contributed by atoms with Crippen molar-refractivity contribution in [2.75, 3.05) is 26.2 Å². The van der Waals surface area contributed by atoms with Gasteiger partial charge in [0.15, 0.2) is 0 Å². The van der Waals surface area contributed by atoms with Crippen LogP contribution in [0.5, 0.6) is 0 Å². The molecule has 0 atom stereocenters. The summed E-state index contributed by atoms with van der Waals surface area (Å²) in [4.78, 5) is 35.6. The van der Waals surface area contributed by atoms with E-state index in [1.165, 1.54) is 6.20 Å². The van der Waals surface area contributed by atoms with Gasteiger partial charge in [-0.25, -0.2) is 4.98 Å². The fraction of sp³-hybridized carbons (Fsp3) is 0.250. The number of piperazine rings is 1. The normalized spacial score (nSPS) is 15.0. The Hall–Kier alpha value is -2.48. The molecule has 8 heteroatoms. The lowest BCUT2D eigenvalue weighted by Gasteiger charge is -2.34. The third-order valence-corrected chi connectivity index (χ3v) is 5.93. The molecule has 1 amide bonds. The highest BCUT2D eigenvalue weighted by Crippen LogP contribution is 2.25. The van der Waals surface area contributed by atoms with Gasteiger partial charge in [-0.1, -0.05) is 23.7 Å². The van der Waals surface area contributed by atoms with Crippen LogP contribution in [0.2, 0.25) is 5.02 Å². The third-order valence-electron chi connectivity index (χ3n) is 4.74. The van der Waals surface area contributed by atoms with Gasteiger partial charge in [-0.15, -0.1) is 11.3 Å². The van der Waals surface area contributed by atoms with Crippen LogP contribution in [0.4, 0.5) is 0 Å². The van der Waals surface area contributed by atoms with Crippen LogP contribution in [-0.2, 0) is 6.54 Å². The van der Waals surface area contributed by atoms with Gasteiger partial charge in [-0.2, -0.15) is 0 Å². The van der Waals surface area contributed by atoms with Crippen molar-refractivity contribution >= 4 is 28.8 Å². The largest absolute Gasteiger partial charge is 0.336 e. The summed E-state index contributed by atoms with van der Waals surface area (Å²) >= 11 is 7.56. The van der Waals surface area contributed by atoms with Crippen LogP contribution in [0, 0.1) is 0 Å². The minimum Gasteiger partial charge on any atom is -0.336 e. The lowest BCUT2D eigenvalue weighted by molar-refractivity contribution is 0.0625. The van der Waals surface area contributed by atoms with Gasteiger partial charge in [0.1, 0.15) is 10.6 Å². The van der Waals surface area contributed by atoms with E-state index in [9.17, 15) is 9.59 Å². The maximum atomic E-state index is 12.5. The van der Waals surface area contributed by atoms with Crippen LogP contribution in [0.25, 0.3) is 10.6 Å². The smallest absolute Gasteiger partial charge is 0.260 e. The number of nitrogens with one attached hydrogen (secondary N) is 1. The molecular formula is C20H19ClN4O2S. The molecular weight excluding hydrogens is 396 g/mol. The first-order chi connectivity index (χ1) is 13.6. The molecule has 1 aliphatic heterocycles. The molecule has 4 rings (SSSR count). The van der Waals surface area contributed by atoms with E-state index in [-0.39, 0.29) is 17.0 Å². The average molecular weight is 415 g/mol. The molecule has 1 saturated heterocycles. The average Bonchev–Trinajstić information content (AvgIpc) is 3.17. The second kappa shape index (κ2) is 8.26. The number of aromatic nitrogens is 2. The number of nitrogens with zero attached hydrogens (tertiary/aromatic N) is 3.